The van der Waals surface area contributed by atoms with E-state index in [1.807, 2.05) is 12.1 Å². The van der Waals surface area contributed by atoms with Crippen LogP contribution in [0.3, 0.4) is 0 Å². The minimum atomic E-state index is -2.99. The number of benzene rings is 3. The number of carbonyl (C=O) groups excluding carboxylic acids is 1. The van der Waals surface area contributed by atoms with E-state index in [9.17, 15) is 18.4 Å². The van der Waals surface area contributed by atoms with Crippen molar-refractivity contribution in [2.75, 3.05) is 7.11 Å². The summed E-state index contributed by atoms with van der Waals surface area (Å²) in [5.41, 5.74) is 1.80. The molecule has 32 heavy (non-hydrogen) atoms. The highest BCUT2D eigenvalue weighted by Crippen LogP contribution is 2.29. The maximum atomic E-state index is 12.8. The van der Waals surface area contributed by atoms with Crippen molar-refractivity contribution in [1.29, 1.82) is 0 Å². The first kappa shape index (κ1) is 21.3. The molecule has 0 unspecified atom stereocenters. The molecule has 0 bridgehead atoms. The third-order valence-corrected chi connectivity index (χ3v) is 5.11. The summed E-state index contributed by atoms with van der Waals surface area (Å²) in [5, 5.41) is 3.85. The number of fused-ring (bicyclic) bond motifs is 2. The number of nitrogens with one attached hydrogen (secondary N) is 1. The third kappa shape index (κ3) is 4.25. The molecule has 164 valence electrons. The van der Waals surface area contributed by atoms with E-state index in [-0.39, 0.29) is 35.9 Å². The molecule has 0 fully saturated rings. The Morgan fingerprint density at radius 1 is 0.969 bits per heavy atom. The van der Waals surface area contributed by atoms with Gasteiger partial charge in [0.25, 0.3) is 0 Å². The zero-order valence-electron chi connectivity index (χ0n) is 17.2. The van der Waals surface area contributed by atoms with Crippen LogP contribution in [0.1, 0.15) is 5.56 Å². The molecule has 0 saturated carbocycles. The van der Waals surface area contributed by atoms with Gasteiger partial charge >= 0.3 is 6.61 Å². The molecule has 0 saturated heterocycles. The molecular weight excluding hydrogens is 418 g/mol. The number of ether oxygens (including phenoxy) is 2. The van der Waals surface area contributed by atoms with Crippen molar-refractivity contribution in [3.05, 3.63) is 82.5 Å². The number of aromatic nitrogens is 1. The van der Waals surface area contributed by atoms with Gasteiger partial charge in [-0.3, -0.25) is 9.59 Å². The predicted molar refractivity (Wildman–Crippen MR) is 117 cm³/mol. The predicted octanol–water partition coefficient (Wildman–Crippen LogP) is 4.08. The van der Waals surface area contributed by atoms with E-state index in [2.05, 4.69) is 10.1 Å². The standard InChI is InChI=1S/C24H20F2N2O4/c1-31-20-11-10-15(12-21(20)32-24(25)26)13-27-22(29)14-28-18-8-4-2-6-16(18)23(30)17-7-3-5-9-19(17)28/h2-12,24H,13-14H2,1H3,(H,27,29). The van der Waals surface area contributed by atoms with Crippen LogP contribution in [0.15, 0.2) is 71.5 Å². The van der Waals surface area contributed by atoms with Crippen molar-refractivity contribution < 1.29 is 23.0 Å². The second-order valence-electron chi connectivity index (χ2n) is 7.09. The summed E-state index contributed by atoms with van der Waals surface area (Å²) in [6, 6.07) is 18.8. The van der Waals surface area contributed by atoms with E-state index in [0.717, 1.165) is 0 Å². The van der Waals surface area contributed by atoms with Gasteiger partial charge in [-0.1, -0.05) is 30.3 Å². The minimum absolute atomic E-state index is 0.0160. The van der Waals surface area contributed by atoms with Crippen LogP contribution < -0.4 is 20.2 Å². The van der Waals surface area contributed by atoms with Gasteiger partial charge in [-0.25, -0.2) is 0 Å². The first-order valence-electron chi connectivity index (χ1n) is 9.86. The lowest BCUT2D eigenvalue weighted by Gasteiger charge is -2.15. The average molecular weight is 438 g/mol. The molecule has 4 rings (SSSR count). The van der Waals surface area contributed by atoms with Crippen LogP contribution in [-0.2, 0) is 17.9 Å². The van der Waals surface area contributed by atoms with E-state index in [1.165, 1.54) is 19.2 Å². The van der Waals surface area contributed by atoms with E-state index < -0.39 is 6.61 Å². The van der Waals surface area contributed by atoms with Gasteiger partial charge in [0, 0.05) is 17.3 Å². The molecule has 0 spiro atoms. The van der Waals surface area contributed by atoms with E-state index in [1.54, 1.807) is 47.0 Å². The number of para-hydroxylation sites is 2. The Balaban J connectivity index is 1.59. The lowest BCUT2D eigenvalue weighted by Crippen LogP contribution is -2.28. The summed E-state index contributed by atoms with van der Waals surface area (Å²) in [6.45, 7) is -2.90. The SMILES string of the molecule is COc1ccc(CNC(=O)Cn2c3ccccc3c(=O)c3ccccc32)cc1OC(F)F. The second-order valence-corrected chi connectivity index (χ2v) is 7.09. The van der Waals surface area contributed by atoms with Crippen molar-refractivity contribution in [1.82, 2.24) is 9.88 Å². The molecular formula is C24H20F2N2O4. The van der Waals surface area contributed by atoms with Gasteiger partial charge in [0.2, 0.25) is 5.91 Å². The molecule has 1 amide bonds. The Labute approximate surface area is 182 Å². The fourth-order valence-electron chi connectivity index (χ4n) is 3.67. The topological polar surface area (TPSA) is 69.6 Å². The van der Waals surface area contributed by atoms with Gasteiger partial charge in [0.1, 0.15) is 6.54 Å². The zero-order chi connectivity index (χ0) is 22.7. The van der Waals surface area contributed by atoms with Crippen molar-refractivity contribution in [2.24, 2.45) is 0 Å². The van der Waals surface area contributed by atoms with Crippen LogP contribution in [-0.4, -0.2) is 24.2 Å². The number of alkyl halides is 2. The summed E-state index contributed by atoms with van der Waals surface area (Å²) in [7, 11) is 1.36. The number of nitrogens with zero attached hydrogens (tertiary/aromatic N) is 1. The summed E-state index contributed by atoms with van der Waals surface area (Å²) in [5.74, 6) is -0.227. The highest BCUT2D eigenvalue weighted by molar-refractivity contribution is 5.94. The Bertz CT molecular complexity index is 1290. The number of amides is 1. The molecule has 8 heteroatoms. The number of hydrogen-bond donors (Lipinski definition) is 1. The number of pyridine rings is 1. The van der Waals surface area contributed by atoms with E-state index in [4.69, 9.17) is 4.74 Å². The Morgan fingerprint density at radius 2 is 1.59 bits per heavy atom. The average Bonchev–Trinajstić information content (AvgIpc) is 2.80. The molecule has 6 nitrogen and oxygen atoms in total. The van der Waals surface area contributed by atoms with Crippen LogP contribution >= 0.6 is 0 Å². The first-order chi connectivity index (χ1) is 15.5. The monoisotopic (exact) mass is 438 g/mol. The van der Waals surface area contributed by atoms with Crippen molar-refractivity contribution in [3.8, 4) is 11.5 Å². The largest absolute Gasteiger partial charge is 0.493 e. The number of rotatable bonds is 7. The van der Waals surface area contributed by atoms with Crippen LogP contribution in [0.4, 0.5) is 8.78 Å². The van der Waals surface area contributed by atoms with Gasteiger partial charge in [0.05, 0.1) is 18.1 Å². The quantitative estimate of drug-likeness (QED) is 0.442. The molecule has 4 aromatic rings. The lowest BCUT2D eigenvalue weighted by atomic mass is 10.1. The van der Waals surface area contributed by atoms with E-state index >= 15 is 0 Å². The molecule has 3 aromatic carbocycles. The molecule has 0 aliphatic heterocycles. The summed E-state index contributed by atoms with van der Waals surface area (Å²) >= 11 is 0. The van der Waals surface area contributed by atoms with Gasteiger partial charge in [0.15, 0.2) is 16.9 Å². The minimum Gasteiger partial charge on any atom is -0.493 e. The van der Waals surface area contributed by atoms with Crippen molar-refractivity contribution >= 4 is 27.7 Å². The number of hydrogen-bond acceptors (Lipinski definition) is 4. The Morgan fingerprint density at radius 3 is 2.19 bits per heavy atom. The molecule has 0 atom stereocenters. The van der Waals surface area contributed by atoms with Crippen LogP contribution in [0.25, 0.3) is 21.8 Å². The highest BCUT2D eigenvalue weighted by Gasteiger charge is 2.14. The van der Waals surface area contributed by atoms with Crippen LogP contribution in [0.2, 0.25) is 0 Å². The van der Waals surface area contributed by atoms with Gasteiger partial charge in [-0.05, 0) is 42.0 Å². The molecule has 1 N–H and O–H groups in total. The highest BCUT2D eigenvalue weighted by atomic mass is 19.3. The Hall–Kier alpha value is -3.94. The smallest absolute Gasteiger partial charge is 0.387 e. The van der Waals surface area contributed by atoms with Gasteiger partial charge < -0.3 is 19.4 Å². The van der Waals surface area contributed by atoms with Crippen molar-refractivity contribution in [3.63, 3.8) is 0 Å². The fraction of sp³-hybridized carbons (Fsp3) is 0.167. The molecule has 0 aliphatic carbocycles. The summed E-state index contributed by atoms with van der Waals surface area (Å²) < 4.78 is 36.6. The summed E-state index contributed by atoms with van der Waals surface area (Å²) in [6.07, 6.45) is 0. The number of methoxy groups -OCH3 is 1. The van der Waals surface area contributed by atoms with Crippen LogP contribution in [0.5, 0.6) is 11.5 Å². The Kier molecular flexibility index (Phi) is 6.02. The number of carbonyl (C=O) groups is 1. The maximum absolute atomic E-state index is 12.8. The van der Waals surface area contributed by atoms with Crippen molar-refractivity contribution in [2.45, 2.75) is 19.7 Å². The number of halogens is 2. The zero-order valence-corrected chi connectivity index (χ0v) is 17.2. The normalized spacial score (nSPS) is 11.1. The second kappa shape index (κ2) is 9.05. The van der Waals surface area contributed by atoms with E-state index in [0.29, 0.717) is 27.4 Å². The molecule has 1 heterocycles. The summed E-state index contributed by atoms with van der Waals surface area (Å²) in [4.78, 5) is 25.6. The van der Waals surface area contributed by atoms with Gasteiger partial charge in [-0.15, -0.1) is 0 Å². The molecule has 0 aliphatic rings. The first-order valence-corrected chi connectivity index (χ1v) is 9.86. The molecule has 0 radical (unpaired) electrons. The lowest BCUT2D eigenvalue weighted by molar-refractivity contribution is -0.121. The van der Waals surface area contributed by atoms with Gasteiger partial charge in [-0.2, -0.15) is 8.78 Å². The fourth-order valence-corrected chi connectivity index (χ4v) is 3.67. The maximum Gasteiger partial charge on any atom is 0.387 e. The third-order valence-electron chi connectivity index (χ3n) is 5.11. The molecule has 1 aromatic heterocycles. The van der Waals surface area contributed by atoms with Crippen LogP contribution in [0, 0.1) is 0 Å².